The molecular weight excluding hydrogens is 374 g/mol. The van der Waals surface area contributed by atoms with E-state index in [1.807, 2.05) is 5.32 Å². The summed E-state index contributed by atoms with van der Waals surface area (Å²) in [5, 5.41) is 80.6. The molecule has 27 heavy (non-hydrogen) atoms. The first-order chi connectivity index (χ1) is 12.6. The van der Waals surface area contributed by atoms with Crippen LogP contribution in [0.15, 0.2) is 0 Å². The van der Waals surface area contributed by atoms with Crippen molar-refractivity contribution in [2.45, 2.75) is 68.0 Å². The molecule has 0 aromatic heterocycles. The molecule has 2 rings (SSSR count). The summed E-state index contributed by atoms with van der Waals surface area (Å²) in [6.07, 6.45) is -15.3. The SMILES string of the molecule is CC(=O)NC1(O)O[C@H](CO)[C@@H](O[C@@H]2O[C@H](CO)[C@H](O)[C@H](O)[C@H]2O)[C@H](O)[C@H]1O. The van der Waals surface area contributed by atoms with E-state index in [0.29, 0.717) is 0 Å². The second kappa shape index (κ2) is 8.59. The van der Waals surface area contributed by atoms with E-state index in [1.54, 1.807) is 0 Å². The van der Waals surface area contributed by atoms with Gasteiger partial charge in [-0.3, -0.25) is 4.79 Å². The molecule has 2 fully saturated rings. The maximum Gasteiger partial charge on any atom is 0.279 e. The van der Waals surface area contributed by atoms with E-state index in [0.717, 1.165) is 6.92 Å². The summed E-state index contributed by atoms with van der Waals surface area (Å²) in [5.74, 6) is -3.51. The van der Waals surface area contributed by atoms with Crippen LogP contribution in [-0.2, 0) is 19.0 Å². The van der Waals surface area contributed by atoms with Crippen molar-refractivity contribution in [1.82, 2.24) is 5.32 Å². The van der Waals surface area contributed by atoms with Crippen LogP contribution in [0, 0.1) is 0 Å². The van der Waals surface area contributed by atoms with Crippen molar-refractivity contribution in [2.75, 3.05) is 13.2 Å². The van der Waals surface area contributed by atoms with Crippen LogP contribution in [0.1, 0.15) is 6.92 Å². The summed E-state index contributed by atoms with van der Waals surface area (Å²) in [6.45, 7) is -0.540. The van der Waals surface area contributed by atoms with E-state index < -0.39 is 80.2 Å². The Bertz CT molecular complexity index is 518. The second-order valence-electron chi connectivity index (χ2n) is 6.45. The monoisotopic (exact) mass is 399 g/mol. The number of aliphatic hydroxyl groups is 8. The smallest absolute Gasteiger partial charge is 0.279 e. The Kier molecular flexibility index (Phi) is 7.10. The van der Waals surface area contributed by atoms with Crippen LogP contribution in [0.4, 0.5) is 0 Å². The first kappa shape index (κ1) is 22.3. The van der Waals surface area contributed by atoms with Gasteiger partial charge in [-0.05, 0) is 0 Å². The lowest BCUT2D eigenvalue weighted by molar-refractivity contribution is -0.388. The number of amides is 1. The average molecular weight is 399 g/mol. The third-order valence-electron chi connectivity index (χ3n) is 4.43. The van der Waals surface area contributed by atoms with Gasteiger partial charge in [0.2, 0.25) is 5.91 Å². The number of ether oxygens (including phenoxy) is 3. The second-order valence-corrected chi connectivity index (χ2v) is 6.45. The van der Waals surface area contributed by atoms with Gasteiger partial charge in [0, 0.05) is 6.92 Å². The number of aliphatic hydroxyl groups excluding tert-OH is 7. The molecule has 0 radical (unpaired) electrons. The molecule has 13 heteroatoms. The highest BCUT2D eigenvalue weighted by Crippen LogP contribution is 2.31. The molecule has 2 aliphatic heterocycles. The number of hydrogen-bond donors (Lipinski definition) is 9. The van der Waals surface area contributed by atoms with Crippen molar-refractivity contribution in [2.24, 2.45) is 0 Å². The molecule has 9 N–H and O–H groups in total. The largest absolute Gasteiger partial charge is 0.394 e. The molecule has 0 saturated carbocycles. The Morgan fingerprint density at radius 2 is 1.59 bits per heavy atom. The van der Waals surface area contributed by atoms with Gasteiger partial charge in [0.1, 0.15) is 42.7 Å². The van der Waals surface area contributed by atoms with Gasteiger partial charge in [-0.25, -0.2) is 0 Å². The van der Waals surface area contributed by atoms with E-state index in [2.05, 4.69) is 0 Å². The van der Waals surface area contributed by atoms with Gasteiger partial charge in [0.05, 0.1) is 13.2 Å². The Morgan fingerprint density at radius 3 is 2.11 bits per heavy atom. The molecule has 1 amide bonds. The lowest BCUT2D eigenvalue weighted by Gasteiger charge is -2.48. The molecular formula is C14H25NO12. The summed E-state index contributed by atoms with van der Waals surface area (Å²) in [5.41, 5.74) is 0. The standard InChI is InChI=1S/C14H25NO12/c1-4(18)15-14(24)12(23)10(22)11(6(3-17)27-14)26-13-9(21)8(20)7(19)5(2-16)25-13/h5-13,16-17,19-24H,2-3H2,1H3,(H,15,18)/t5-,6-,7+,8+,9-,10+,11-,12-,13+,14?/m1/s1. The molecule has 10 atom stereocenters. The molecule has 0 aromatic rings. The zero-order chi connectivity index (χ0) is 20.5. The fraction of sp³-hybridized carbons (Fsp3) is 0.929. The maximum atomic E-state index is 11.2. The van der Waals surface area contributed by atoms with Crippen LogP contribution in [0.25, 0.3) is 0 Å². The Labute approximate surface area is 153 Å². The predicted octanol–water partition coefficient (Wildman–Crippen LogP) is -5.93. The van der Waals surface area contributed by atoms with Crippen LogP contribution in [0.5, 0.6) is 0 Å². The summed E-state index contributed by atoms with van der Waals surface area (Å²) in [4.78, 5) is 11.2. The van der Waals surface area contributed by atoms with Crippen molar-refractivity contribution in [1.29, 1.82) is 0 Å². The van der Waals surface area contributed by atoms with E-state index in [-0.39, 0.29) is 0 Å². The highest BCUT2D eigenvalue weighted by Gasteiger charge is 2.56. The molecule has 0 aromatic carbocycles. The van der Waals surface area contributed by atoms with E-state index in [9.17, 15) is 45.6 Å². The van der Waals surface area contributed by atoms with Gasteiger partial charge in [-0.15, -0.1) is 0 Å². The summed E-state index contributed by atoms with van der Waals surface area (Å²) >= 11 is 0. The molecule has 2 aliphatic rings. The number of carbonyl (C=O) groups excluding carboxylic acids is 1. The van der Waals surface area contributed by atoms with E-state index in [4.69, 9.17) is 14.2 Å². The van der Waals surface area contributed by atoms with Crippen molar-refractivity contribution in [3.8, 4) is 0 Å². The topological polar surface area (TPSA) is 219 Å². The van der Waals surface area contributed by atoms with Gasteiger partial charge in [-0.1, -0.05) is 0 Å². The number of nitrogens with one attached hydrogen (secondary N) is 1. The van der Waals surface area contributed by atoms with Gasteiger partial charge in [-0.2, -0.15) is 0 Å². The van der Waals surface area contributed by atoms with Crippen molar-refractivity contribution < 1.29 is 59.9 Å². The highest BCUT2D eigenvalue weighted by atomic mass is 16.7. The molecule has 158 valence electrons. The lowest BCUT2D eigenvalue weighted by atomic mass is 9.95. The lowest BCUT2D eigenvalue weighted by Crippen LogP contribution is -2.72. The normalized spacial score (nSPS) is 48.3. The average Bonchev–Trinajstić information content (AvgIpc) is 2.61. The number of rotatable bonds is 5. The third-order valence-corrected chi connectivity index (χ3v) is 4.43. The summed E-state index contributed by atoms with van der Waals surface area (Å²) < 4.78 is 15.5. The van der Waals surface area contributed by atoms with Crippen molar-refractivity contribution in [3.63, 3.8) is 0 Å². The summed E-state index contributed by atoms with van der Waals surface area (Å²) in [7, 11) is 0. The van der Waals surface area contributed by atoms with Crippen LogP contribution >= 0.6 is 0 Å². The molecule has 1 unspecified atom stereocenters. The molecule has 2 saturated heterocycles. The third kappa shape index (κ3) is 4.38. The number of carbonyl (C=O) groups is 1. The van der Waals surface area contributed by atoms with Crippen LogP contribution in [-0.4, -0.2) is 121 Å². The minimum atomic E-state index is -2.71. The maximum absolute atomic E-state index is 11.2. The van der Waals surface area contributed by atoms with Gasteiger partial charge in [0.25, 0.3) is 5.91 Å². The number of hydrogen-bond acceptors (Lipinski definition) is 12. The summed E-state index contributed by atoms with van der Waals surface area (Å²) in [6, 6.07) is 0. The van der Waals surface area contributed by atoms with E-state index >= 15 is 0 Å². The van der Waals surface area contributed by atoms with Crippen LogP contribution in [0.3, 0.4) is 0 Å². The van der Waals surface area contributed by atoms with Crippen molar-refractivity contribution >= 4 is 5.91 Å². The van der Waals surface area contributed by atoms with Gasteiger partial charge < -0.3 is 60.4 Å². The van der Waals surface area contributed by atoms with Gasteiger partial charge in [0.15, 0.2) is 12.4 Å². The Balaban J connectivity index is 2.18. The first-order valence-corrected chi connectivity index (χ1v) is 8.17. The molecule has 0 bridgehead atoms. The molecule has 13 nitrogen and oxygen atoms in total. The highest BCUT2D eigenvalue weighted by molar-refractivity contribution is 5.73. The van der Waals surface area contributed by atoms with Crippen LogP contribution in [0.2, 0.25) is 0 Å². The minimum absolute atomic E-state index is 0.719. The molecule has 0 aliphatic carbocycles. The fourth-order valence-corrected chi connectivity index (χ4v) is 3.00. The first-order valence-electron chi connectivity index (χ1n) is 8.17. The van der Waals surface area contributed by atoms with Gasteiger partial charge >= 0.3 is 0 Å². The predicted molar refractivity (Wildman–Crippen MR) is 81.4 cm³/mol. The Morgan fingerprint density at radius 1 is 1.00 bits per heavy atom. The molecule has 2 heterocycles. The zero-order valence-electron chi connectivity index (χ0n) is 14.3. The quantitative estimate of drug-likeness (QED) is 0.197. The van der Waals surface area contributed by atoms with E-state index in [1.165, 1.54) is 0 Å². The minimum Gasteiger partial charge on any atom is -0.394 e. The molecule has 0 spiro atoms. The van der Waals surface area contributed by atoms with Crippen LogP contribution < -0.4 is 5.32 Å². The Hall–Kier alpha value is -0.970. The zero-order valence-corrected chi connectivity index (χ0v) is 14.3. The van der Waals surface area contributed by atoms with Crippen molar-refractivity contribution in [3.05, 3.63) is 0 Å². The fourth-order valence-electron chi connectivity index (χ4n) is 3.00.